The van der Waals surface area contributed by atoms with Gasteiger partial charge in [-0.1, -0.05) is 6.07 Å². The first-order valence-corrected chi connectivity index (χ1v) is 14.1. The molecule has 42 heavy (non-hydrogen) atoms. The van der Waals surface area contributed by atoms with E-state index in [4.69, 9.17) is 9.47 Å². The summed E-state index contributed by atoms with van der Waals surface area (Å²) in [5, 5.41) is 11.2. The molecule has 4 heterocycles. The number of hydrogen-bond donors (Lipinski definition) is 1. The number of nitrogens with zero attached hydrogens (tertiary/aromatic N) is 3. The first-order chi connectivity index (χ1) is 20.3. The number of rotatable bonds is 5. The summed E-state index contributed by atoms with van der Waals surface area (Å²) in [6.07, 6.45) is 7.94. The number of pyridine rings is 2. The normalized spacial score (nSPS) is 17.5. The zero-order valence-electron chi connectivity index (χ0n) is 23.1. The number of Topliss-reactive ketones (excluding diaryl/α,β-unsaturated/α-hetero) is 1. The lowest BCUT2D eigenvalue weighted by Crippen LogP contribution is -2.56. The molecule has 9 heteroatoms. The second-order valence-electron chi connectivity index (χ2n) is 11.3. The van der Waals surface area contributed by atoms with E-state index in [0.717, 1.165) is 40.4 Å². The number of benzene rings is 2. The van der Waals surface area contributed by atoms with Crippen LogP contribution in [0, 0.1) is 0 Å². The van der Waals surface area contributed by atoms with Crippen molar-refractivity contribution in [2.75, 3.05) is 20.2 Å². The number of aromatic nitrogens is 2. The SMILES string of the molecule is COc1cc(C(=O)N2CCC3(CC2)Oc2ccc(-c4cncc(C(=O)O)c4)cc2CC3=O)cc2c(C3CC3)nccc12. The molecule has 1 saturated heterocycles. The van der Waals surface area contributed by atoms with Crippen molar-refractivity contribution in [3.8, 4) is 22.6 Å². The molecule has 2 aromatic heterocycles. The maximum absolute atomic E-state index is 13.7. The largest absolute Gasteiger partial charge is 0.496 e. The van der Waals surface area contributed by atoms with Gasteiger partial charge in [-0.15, -0.1) is 0 Å². The number of carboxylic acid groups (broad SMARTS) is 1. The monoisotopic (exact) mass is 563 g/mol. The number of carbonyl (C=O) groups excluding carboxylic acids is 2. The van der Waals surface area contributed by atoms with Crippen LogP contribution in [0.25, 0.3) is 21.9 Å². The molecule has 2 aliphatic heterocycles. The lowest BCUT2D eigenvalue weighted by Gasteiger charge is -2.43. The van der Waals surface area contributed by atoms with Gasteiger partial charge in [-0.2, -0.15) is 0 Å². The molecular weight excluding hydrogens is 534 g/mol. The summed E-state index contributed by atoms with van der Waals surface area (Å²) in [6, 6.07) is 12.8. The highest BCUT2D eigenvalue weighted by Gasteiger charge is 2.47. The first-order valence-electron chi connectivity index (χ1n) is 14.1. The van der Waals surface area contributed by atoms with Crippen molar-refractivity contribution >= 4 is 28.4 Å². The minimum absolute atomic E-state index is 0.0100. The molecule has 2 aromatic carbocycles. The lowest BCUT2D eigenvalue weighted by molar-refractivity contribution is -0.139. The Morgan fingerprint density at radius 2 is 1.81 bits per heavy atom. The van der Waals surface area contributed by atoms with Gasteiger partial charge in [0, 0.05) is 84.3 Å². The smallest absolute Gasteiger partial charge is 0.337 e. The molecule has 0 bridgehead atoms. The van der Waals surface area contributed by atoms with Crippen LogP contribution in [0.3, 0.4) is 0 Å². The van der Waals surface area contributed by atoms with E-state index >= 15 is 0 Å². The summed E-state index contributed by atoms with van der Waals surface area (Å²) in [6.45, 7) is 0.795. The van der Waals surface area contributed by atoms with E-state index in [-0.39, 0.29) is 23.7 Å². The van der Waals surface area contributed by atoms with Crippen LogP contribution in [0.4, 0.5) is 0 Å². The van der Waals surface area contributed by atoms with Gasteiger partial charge in [-0.25, -0.2) is 4.79 Å². The molecular formula is C33H29N3O6. The Bertz CT molecular complexity index is 1770. The third-order valence-electron chi connectivity index (χ3n) is 8.71. The first kappa shape index (κ1) is 26.1. The number of methoxy groups -OCH3 is 1. The molecule has 7 rings (SSSR count). The van der Waals surface area contributed by atoms with Crippen LogP contribution in [-0.2, 0) is 11.2 Å². The van der Waals surface area contributed by atoms with E-state index in [0.29, 0.717) is 54.5 Å². The number of carboxylic acids is 1. The third-order valence-corrected chi connectivity index (χ3v) is 8.71. The third kappa shape index (κ3) is 4.45. The topological polar surface area (TPSA) is 119 Å². The van der Waals surface area contributed by atoms with Crippen molar-refractivity contribution in [1.82, 2.24) is 14.9 Å². The molecule has 3 aliphatic rings. The number of aromatic carboxylic acids is 1. The average Bonchev–Trinajstić information content (AvgIpc) is 3.86. The van der Waals surface area contributed by atoms with Gasteiger partial charge in [-0.05, 0) is 54.8 Å². The molecule has 0 unspecified atom stereocenters. The van der Waals surface area contributed by atoms with Gasteiger partial charge in [0.1, 0.15) is 11.5 Å². The number of piperidine rings is 1. The molecule has 1 amide bonds. The highest BCUT2D eigenvalue weighted by Crippen LogP contribution is 2.44. The number of ketones is 1. The van der Waals surface area contributed by atoms with Gasteiger partial charge in [-0.3, -0.25) is 19.6 Å². The molecule has 1 N–H and O–H groups in total. The summed E-state index contributed by atoms with van der Waals surface area (Å²) in [7, 11) is 1.61. The predicted molar refractivity (Wildman–Crippen MR) is 154 cm³/mol. The zero-order valence-corrected chi connectivity index (χ0v) is 23.1. The molecule has 212 valence electrons. The second kappa shape index (κ2) is 9.94. The predicted octanol–water partition coefficient (Wildman–Crippen LogP) is 5.06. The van der Waals surface area contributed by atoms with Crippen LogP contribution in [0.1, 0.15) is 63.6 Å². The highest BCUT2D eigenvalue weighted by atomic mass is 16.5. The van der Waals surface area contributed by atoms with Crippen molar-refractivity contribution in [3.63, 3.8) is 0 Å². The van der Waals surface area contributed by atoms with Gasteiger partial charge in [0.15, 0.2) is 11.4 Å². The summed E-state index contributed by atoms with van der Waals surface area (Å²) in [5.74, 6) is 0.567. The Kier molecular flexibility index (Phi) is 6.18. The quantitative estimate of drug-likeness (QED) is 0.358. The number of likely N-dealkylation sites (tertiary alicyclic amines) is 1. The van der Waals surface area contributed by atoms with Gasteiger partial charge >= 0.3 is 5.97 Å². The van der Waals surface area contributed by atoms with E-state index in [1.807, 2.05) is 30.3 Å². The fraction of sp³-hybridized carbons (Fsp3) is 0.303. The van der Waals surface area contributed by atoms with E-state index in [1.165, 1.54) is 6.20 Å². The Morgan fingerprint density at radius 1 is 1.00 bits per heavy atom. The van der Waals surface area contributed by atoms with Crippen molar-refractivity contribution in [1.29, 1.82) is 0 Å². The van der Waals surface area contributed by atoms with Gasteiger partial charge in [0.25, 0.3) is 5.91 Å². The van der Waals surface area contributed by atoms with Crippen molar-refractivity contribution in [3.05, 3.63) is 83.4 Å². The van der Waals surface area contributed by atoms with E-state index in [9.17, 15) is 19.5 Å². The van der Waals surface area contributed by atoms with Crippen LogP contribution < -0.4 is 9.47 Å². The Hall–Kier alpha value is -4.79. The number of fused-ring (bicyclic) bond motifs is 2. The number of amides is 1. The van der Waals surface area contributed by atoms with Crippen LogP contribution in [0.15, 0.2) is 61.1 Å². The second-order valence-corrected chi connectivity index (χ2v) is 11.3. The zero-order chi connectivity index (χ0) is 29.0. The highest BCUT2D eigenvalue weighted by molar-refractivity contribution is 6.02. The van der Waals surface area contributed by atoms with Gasteiger partial charge < -0.3 is 19.5 Å². The molecule has 0 atom stereocenters. The Balaban J connectivity index is 1.10. The number of hydrogen-bond acceptors (Lipinski definition) is 7. The average molecular weight is 564 g/mol. The fourth-order valence-electron chi connectivity index (χ4n) is 6.19. The van der Waals surface area contributed by atoms with Crippen molar-refractivity contribution < 1.29 is 29.0 Å². The minimum atomic E-state index is -1.05. The van der Waals surface area contributed by atoms with E-state index in [1.54, 1.807) is 36.5 Å². The fourth-order valence-corrected chi connectivity index (χ4v) is 6.19. The maximum Gasteiger partial charge on any atom is 0.337 e. The molecule has 1 saturated carbocycles. The molecule has 4 aromatic rings. The van der Waals surface area contributed by atoms with E-state index < -0.39 is 11.6 Å². The van der Waals surface area contributed by atoms with Crippen LogP contribution in [0.2, 0.25) is 0 Å². The molecule has 1 spiro atoms. The Labute approximate surface area is 242 Å². The summed E-state index contributed by atoms with van der Waals surface area (Å²) in [5.41, 5.74) is 2.88. The summed E-state index contributed by atoms with van der Waals surface area (Å²) >= 11 is 0. The minimum Gasteiger partial charge on any atom is -0.496 e. The van der Waals surface area contributed by atoms with Crippen LogP contribution in [0.5, 0.6) is 11.5 Å². The summed E-state index contributed by atoms with van der Waals surface area (Å²) < 4.78 is 12.0. The van der Waals surface area contributed by atoms with Gasteiger partial charge in [0.05, 0.1) is 18.4 Å². The van der Waals surface area contributed by atoms with Crippen molar-refractivity contribution in [2.45, 2.75) is 43.6 Å². The standard InChI is InChI=1S/C33H29N3O6/c1-41-28-15-22(14-26-25(28)6-9-35-30(26)19-2-3-19)31(38)36-10-7-33(8-11-36)29(37)16-21-12-20(4-5-27(21)42-33)23-13-24(32(39)40)18-34-17-23/h4-6,9,12-15,17-19H,2-3,7-8,10-11,16H2,1H3,(H,39,40). The maximum atomic E-state index is 13.7. The van der Waals surface area contributed by atoms with Crippen LogP contribution in [-0.4, -0.2) is 63.4 Å². The van der Waals surface area contributed by atoms with E-state index in [2.05, 4.69) is 9.97 Å². The Morgan fingerprint density at radius 3 is 2.55 bits per heavy atom. The number of carbonyl (C=O) groups is 3. The van der Waals surface area contributed by atoms with Gasteiger partial charge in [0.2, 0.25) is 0 Å². The summed E-state index contributed by atoms with van der Waals surface area (Å²) in [4.78, 5) is 48.9. The van der Waals surface area contributed by atoms with Crippen molar-refractivity contribution in [2.24, 2.45) is 0 Å². The molecule has 0 radical (unpaired) electrons. The van der Waals surface area contributed by atoms with Crippen LogP contribution >= 0.6 is 0 Å². The molecule has 9 nitrogen and oxygen atoms in total. The molecule has 1 aliphatic carbocycles. The number of ether oxygens (including phenoxy) is 2. The molecule has 2 fully saturated rings. The lowest BCUT2D eigenvalue weighted by atomic mass is 9.81.